The molecule has 1 fully saturated rings. The monoisotopic (exact) mass is 534 g/mol. The summed E-state index contributed by atoms with van der Waals surface area (Å²) >= 11 is 0. The number of aliphatic imine (C=N–C) groups is 1. The van der Waals surface area contributed by atoms with E-state index in [2.05, 4.69) is 15.6 Å². The molecular formula is C26H39FN6O5. The molecule has 0 saturated carbocycles. The molecule has 38 heavy (non-hydrogen) atoms. The van der Waals surface area contributed by atoms with Gasteiger partial charge in [0, 0.05) is 13.1 Å². The zero-order chi connectivity index (χ0) is 28.1. The number of Topliss-reactive ketones (excluding diaryl/α,β-unsaturated/α-hetero) is 1. The maximum absolute atomic E-state index is 13.5. The topological polar surface area (TPSA) is 169 Å². The van der Waals surface area contributed by atoms with Gasteiger partial charge in [-0.05, 0) is 37.2 Å². The lowest BCUT2D eigenvalue weighted by molar-refractivity contribution is -0.141. The summed E-state index contributed by atoms with van der Waals surface area (Å²) in [6.45, 7) is 3.09. The minimum atomic E-state index is -1.23. The number of halogens is 1. The molecule has 6 N–H and O–H groups in total. The van der Waals surface area contributed by atoms with Crippen LogP contribution in [0, 0.1) is 5.92 Å². The van der Waals surface area contributed by atoms with Crippen molar-refractivity contribution in [2.24, 2.45) is 22.4 Å². The first-order valence-electron chi connectivity index (χ1n) is 12.9. The third kappa shape index (κ3) is 9.31. The highest BCUT2D eigenvalue weighted by molar-refractivity contribution is 5.95. The fourth-order valence-corrected chi connectivity index (χ4v) is 4.23. The minimum Gasteiger partial charge on any atom is -0.445 e. The normalized spacial score (nSPS) is 17.1. The van der Waals surface area contributed by atoms with Crippen LogP contribution in [-0.4, -0.2) is 72.4 Å². The number of guanidine groups is 1. The number of nitrogens with two attached hydrogens (primary N) is 2. The van der Waals surface area contributed by atoms with E-state index < -0.39 is 48.5 Å². The van der Waals surface area contributed by atoms with Crippen molar-refractivity contribution in [3.8, 4) is 0 Å². The molecule has 3 amide bonds. The lowest BCUT2D eigenvalue weighted by Crippen LogP contribution is -2.57. The Balaban J connectivity index is 2.05. The molecule has 0 radical (unpaired) electrons. The first kappa shape index (κ1) is 30.5. The number of alkyl carbamates (subject to hydrolysis) is 1. The maximum atomic E-state index is 13.5. The van der Waals surface area contributed by atoms with Crippen molar-refractivity contribution in [3.63, 3.8) is 0 Å². The molecule has 0 aliphatic carbocycles. The quantitative estimate of drug-likeness (QED) is 0.159. The number of nitrogens with one attached hydrogen (secondary N) is 2. The number of hydrogen-bond acceptors (Lipinski definition) is 6. The molecule has 4 atom stereocenters. The highest BCUT2D eigenvalue weighted by Crippen LogP contribution is 2.22. The van der Waals surface area contributed by atoms with E-state index in [1.165, 1.54) is 4.90 Å². The number of ether oxygens (including phenoxy) is 1. The van der Waals surface area contributed by atoms with Gasteiger partial charge in [0.05, 0.1) is 6.04 Å². The van der Waals surface area contributed by atoms with Crippen LogP contribution < -0.4 is 22.1 Å². The van der Waals surface area contributed by atoms with E-state index in [0.29, 0.717) is 32.2 Å². The van der Waals surface area contributed by atoms with Crippen LogP contribution in [-0.2, 0) is 25.7 Å². The number of carbonyl (C=O) groups is 4. The van der Waals surface area contributed by atoms with E-state index in [1.807, 2.05) is 44.2 Å². The summed E-state index contributed by atoms with van der Waals surface area (Å²) in [5.41, 5.74) is 11.4. The second kappa shape index (κ2) is 15.5. The number of nitrogens with zero attached hydrogens (tertiary/aromatic N) is 2. The molecule has 1 aliphatic heterocycles. The van der Waals surface area contributed by atoms with Crippen LogP contribution in [0.15, 0.2) is 35.3 Å². The Bertz CT molecular complexity index is 972. The zero-order valence-corrected chi connectivity index (χ0v) is 22.0. The van der Waals surface area contributed by atoms with Gasteiger partial charge in [-0.1, -0.05) is 50.6 Å². The molecule has 4 unspecified atom stereocenters. The first-order valence-corrected chi connectivity index (χ1v) is 12.9. The molecule has 0 aromatic heterocycles. The van der Waals surface area contributed by atoms with Crippen molar-refractivity contribution in [1.82, 2.24) is 15.5 Å². The second-order valence-corrected chi connectivity index (χ2v) is 9.37. The van der Waals surface area contributed by atoms with Gasteiger partial charge >= 0.3 is 6.09 Å². The highest BCUT2D eigenvalue weighted by atomic mass is 19.1. The predicted molar refractivity (Wildman–Crippen MR) is 141 cm³/mol. The van der Waals surface area contributed by atoms with Crippen LogP contribution in [0.2, 0.25) is 0 Å². The fourth-order valence-electron chi connectivity index (χ4n) is 4.23. The molecule has 1 saturated heterocycles. The van der Waals surface area contributed by atoms with Gasteiger partial charge in [0.15, 0.2) is 11.7 Å². The van der Waals surface area contributed by atoms with Crippen molar-refractivity contribution in [2.45, 2.75) is 70.7 Å². The molecule has 1 aromatic carbocycles. The highest BCUT2D eigenvalue weighted by Gasteiger charge is 2.40. The number of benzene rings is 1. The van der Waals surface area contributed by atoms with Crippen LogP contribution in [0.5, 0.6) is 0 Å². The number of carbonyl (C=O) groups excluding carboxylic acids is 4. The second-order valence-electron chi connectivity index (χ2n) is 9.37. The lowest BCUT2D eigenvalue weighted by Gasteiger charge is -2.31. The van der Waals surface area contributed by atoms with E-state index in [1.54, 1.807) is 0 Å². The SMILES string of the molecule is CCC(C)C(NC(=O)OCc1ccccc1)C(=O)N1CCCC1C(=O)NC(CCCN=C(N)N)C(=O)CF. The van der Waals surface area contributed by atoms with Gasteiger partial charge < -0.3 is 31.7 Å². The molecule has 1 heterocycles. The predicted octanol–water partition coefficient (Wildman–Crippen LogP) is 1.40. The molecule has 2 rings (SSSR count). The first-order chi connectivity index (χ1) is 18.2. The van der Waals surface area contributed by atoms with E-state index >= 15 is 0 Å². The van der Waals surface area contributed by atoms with Crippen LogP contribution in [0.4, 0.5) is 9.18 Å². The summed E-state index contributed by atoms with van der Waals surface area (Å²) in [5, 5.41) is 5.26. The Morgan fingerprint density at radius 3 is 2.53 bits per heavy atom. The largest absolute Gasteiger partial charge is 0.445 e. The number of ketones is 1. The third-order valence-corrected chi connectivity index (χ3v) is 6.59. The Hall–Kier alpha value is -3.70. The molecule has 210 valence electrons. The summed E-state index contributed by atoms with van der Waals surface area (Å²) in [4.78, 5) is 56.5. The number of alkyl halides is 1. The van der Waals surface area contributed by atoms with Crippen molar-refractivity contribution >= 4 is 29.7 Å². The zero-order valence-electron chi connectivity index (χ0n) is 22.0. The summed E-state index contributed by atoms with van der Waals surface area (Å²) in [5.74, 6) is -2.04. The van der Waals surface area contributed by atoms with Crippen LogP contribution in [0.25, 0.3) is 0 Å². The molecular weight excluding hydrogens is 495 g/mol. The van der Waals surface area contributed by atoms with E-state index in [-0.39, 0.29) is 31.4 Å². The average Bonchev–Trinajstić information content (AvgIpc) is 3.41. The maximum Gasteiger partial charge on any atom is 0.408 e. The Morgan fingerprint density at radius 2 is 1.89 bits per heavy atom. The van der Waals surface area contributed by atoms with Crippen molar-refractivity contribution in [1.29, 1.82) is 0 Å². The van der Waals surface area contributed by atoms with Crippen LogP contribution in [0.1, 0.15) is 51.5 Å². The van der Waals surface area contributed by atoms with Crippen molar-refractivity contribution in [2.75, 3.05) is 19.8 Å². The number of hydrogen-bond donors (Lipinski definition) is 4. The van der Waals surface area contributed by atoms with Gasteiger partial charge in [-0.3, -0.25) is 19.4 Å². The summed E-state index contributed by atoms with van der Waals surface area (Å²) in [6, 6.07) is 6.34. The van der Waals surface area contributed by atoms with E-state index in [0.717, 1.165) is 5.56 Å². The van der Waals surface area contributed by atoms with E-state index in [9.17, 15) is 23.6 Å². The van der Waals surface area contributed by atoms with Crippen LogP contribution >= 0.6 is 0 Å². The molecule has 0 spiro atoms. The standard InChI is InChI=1S/C26H39FN6O5/c1-3-17(2)22(32-26(37)38-16-18-9-5-4-6-10-18)24(36)33-14-8-12-20(33)23(35)31-19(21(34)15-27)11-7-13-30-25(28)29/h4-6,9-10,17,19-20,22H,3,7-8,11-16H2,1-2H3,(H,31,35)(H,32,37)(H4,28,29,30). The van der Waals surface area contributed by atoms with Gasteiger partial charge in [-0.25, -0.2) is 9.18 Å². The van der Waals surface area contributed by atoms with Crippen molar-refractivity contribution < 1.29 is 28.3 Å². The summed E-state index contributed by atoms with van der Waals surface area (Å²) < 4.78 is 18.4. The number of amides is 3. The molecule has 12 heteroatoms. The van der Waals surface area contributed by atoms with Crippen LogP contribution in [0.3, 0.4) is 0 Å². The smallest absolute Gasteiger partial charge is 0.408 e. The average molecular weight is 535 g/mol. The lowest BCUT2D eigenvalue weighted by atomic mass is 9.97. The van der Waals surface area contributed by atoms with Crippen molar-refractivity contribution in [3.05, 3.63) is 35.9 Å². The minimum absolute atomic E-state index is 0.0516. The molecule has 0 bridgehead atoms. The number of rotatable bonds is 14. The van der Waals surface area contributed by atoms with E-state index in [4.69, 9.17) is 16.2 Å². The number of likely N-dealkylation sites (tertiary alicyclic amines) is 1. The molecule has 11 nitrogen and oxygen atoms in total. The molecule has 1 aliphatic rings. The fraction of sp³-hybridized carbons (Fsp3) is 0.577. The Kier molecular flexibility index (Phi) is 12.5. The molecule has 1 aromatic rings. The van der Waals surface area contributed by atoms with Gasteiger partial charge in [-0.15, -0.1) is 0 Å². The summed E-state index contributed by atoms with van der Waals surface area (Å²) in [6.07, 6.45) is 1.32. The Labute approximate surface area is 222 Å². The van der Waals surface area contributed by atoms with Gasteiger partial charge in [-0.2, -0.15) is 0 Å². The third-order valence-electron chi connectivity index (χ3n) is 6.59. The van der Waals surface area contributed by atoms with Gasteiger partial charge in [0.25, 0.3) is 0 Å². The van der Waals surface area contributed by atoms with Gasteiger partial charge in [0.1, 0.15) is 25.4 Å². The summed E-state index contributed by atoms with van der Waals surface area (Å²) in [7, 11) is 0. The Morgan fingerprint density at radius 1 is 1.18 bits per heavy atom. The van der Waals surface area contributed by atoms with Gasteiger partial charge in [0.2, 0.25) is 11.8 Å².